The monoisotopic (exact) mass is 348 g/mol. The zero-order valence-electron chi connectivity index (χ0n) is 16.1. The first-order valence-corrected chi connectivity index (χ1v) is 8.99. The fourth-order valence-electron chi connectivity index (χ4n) is 2.71. The molecule has 6 nitrogen and oxygen atoms in total. The van der Waals surface area contributed by atoms with E-state index < -0.39 is 0 Å². The number of nitrogens with zero attached hydrogens (tertiary/aromatic N) is 2. The molecule has 1 fully saturated rings. The Morgan fingerprint density at radius 3 is 2.48 bits per heavy atom. The van der Waals surface area contributed by atoms with E-state index in [0.717, 1.165) is 42.0 Å². The summed E-state index contributed by atoms with van der Waals surface area (Å²) in [6.07, 6.45) is 2.66. The molecule has 0 aromatic heterocycles. The highest BCUT2D eigenvalue weighted by Crippen LogP contribution is 2.31. The standard InChI is InChI=1S/C19H32N4O2/c1-6-20-19(21-12-14-7-8-14)22-13-16(23(2)3)15-9-10-17(24-4)18(11-15)25-5/h9-11,14,16H,6-8,12-13H2,1-5H3,(H2,20,21,22). The lowest BCUT2D eigenvalue weighted by atomic mass is 10.1. The Balaban J connectivity index is 2.11. The first kappa shape index (κ1) is 19.4. The number of nitrogens with one attached hydrogen (secondary N) is 2. The van der Waals surface area contributed by atoms with Crippen molar-refractivity contribution in [3.8, 4) is 11.5 Å². The van der Waals surface area contributed by atoms with Gasteiger partial charge in [-0.2, -0.15) is 0 Å². The molecular weight excluding hydrogens is 316 g/mol. The zero-order valence-corrected chi connectivity index (χ0v) is 16.1. The third-order valence-electron chi connectivity index (χ3n) is 4.44. The lowest BCUT2D eigenvalue weighted by Crippen LogP contribution is -2.39. The second-order valence-electron chi connectivity index (χ2n) is 6.64. The van der Waals surface area contributed by atoms with Crippen molar-refractivity contribution in [2.24, 2.45) is 10.9 Å². The van der Waals surface area contributed by atoms with E-state index in [0.29, 0.717) is 6.54 Å². The van der Waals surface area contributed by atoms with Crippen LogP contribution in [0.25, 0.3) is 0 Å². The number of likely N-dealkylation sites (N-methyl/N-ethyl adjacent to an activating group) is 1. The molecule has 1 atom stereocenters. The molecule has 6 heteroatoms. The lowest BCUT2D eigenvalue weighted by Gasteiger charge is -2.24. The molecule has 0 heterocycles. The lowest BCUT2D eigenvalue weighted by molar-refractivity contribution is 0.303. The van der Waals surface area contributed by atoms with Gasteiger partial charge in [0.2, 0.25) is 0 Å². The molecule has 0 spiro atoms. The average molecular weight is 348 g/mol. The van der Waals surface area contributed by atoms with E-state index in [1.165, 1.54) is 12.8 Å². The highest BCUT2D eigenvalue weighted by atomic mass is 16.5. The Labute approximate surface area is 151 Å². The van der Waals surface area contributed by atoms with E-state index in [9.17, 15) is 0 Å². The minimum Gasteiger partial charge on any atom is -0.493 e. The van der Waals surface area contributed by atoms with Crippen LogP contribution in [0.3, 0.4) is 0 Å². The van der Waals surface area contributed by atoms with Crippen molar-refractivity contribution in [2.45, 2.75) is 25.8 Å². The molecule has 0 bridgehead atoms. The number of ether oxygens (including phenoxy) is 2. The quantitative estimate of drug-likeness (QED) is 0.530. The molecule has 1 saturated carbocycles. The van der Waals surface area contributed by atoms with E-state index in [4.69, 9.17) is 14.5 Å². The topological polar surface area (TPSA) is 58.1 Å². The Bertz CT molecular complexity index is 571. The van der Waals surface area contributed by atoms with Gasteiger partial charge in [-0.15, -0.1) is 0 Å². The summed E-state index contributed by atoms with van der Waals surface area (Å²) in [4.78, 5) is 6.97. The number of hydrogen-bond donors (Lipinski definition) is 2. The average Bonchev–Trinajstić information content (AvgIpc) is 3.43. The molecule has 2 rings (SSSR count). The van der Waals surface area contributed by atoms with Crippen LogP contribution in [0.4, 0.5) is 0 Å². The maximum Gasteiger partial charge on any atom is 0.191 e. The van der Waals surface area contributed by atoms with E-state index in [2.05, 4.69) is 42.6 Å². The van der Waals surface area contributed by atoms with Crippen molar-refractivity contribution in [3.05, 3.63) is 23.8 Å². The summed E-state index contributed by atoms with van der Waals surface area (Å²) in [6, 6.07) is 6.22. The summed E-state index contributed by atoms with van der Waals surface area (Å²) >= 11 is 0. The Morgan fingerprint density at radius 1 is 1.20 bits per heavy atom. The smallest absolute Gasteiger partial charge is 0.191 e. The van der Waals surface area contributed by atoms with Gasteiger partial charge in [0.15, 0.2) is 17.5 Å². The van der Waals surface area contributed by atoms with Gasteiger partial charge in [-0.3, -0.25) is 4.99 Å². The highest BCUT2D eigenvalue weighted by Gasteiger charge is 2.21. The van der Waals surface area contributed by atoms with Crippen molar-refractivity contribution in [1.29, 1.82) is 0 Å². The van der Waals surface area contributed by atoms with Gasteiger partial charge in [-0.05, 0) is 57.5 Å². The van der Waals surface area contributed by atoms with E-state index in [1.807, 2.05) is 12.1 Å². The molecule has 1 aliphatic rings. The first-order valence-electron chi connectivity index (χ1n) is 8.99. The molecule has 0 saturated heterocycles. The summed E-state index contributed by atoms with van der Waals surface area (Å²) < 4.78 is 10.8. The van der Waals surface area contributed by atoms with Gasteiger partial charge in [0, 0.05) is 13.1 Å². The van der Waals surface area contributed by atoms with Gasteiger partial charge in [0.25, 0.3) is 0 Å². The van der Waals surface area contributed by atoms with E-state index >= 15 is 0 Å². The maximum absolute atomic E-state index is 5.44. The number of rotatable bonds is 9. The second kappa shape index (κ2) is 9.51. The Morgan fingerprint density at radius 2 is 1.92 bits per heavy atom. The summed E-state index contributed by atoms with van der Waals surface area (Å²) in [5.41, 5.74) is 1.16. The molecule has 0 radical (unpaired) electrons. The molecule has 2 N–H and O–H groups in total. The molecule has 1 unspecified atom stereocenters. The molecule has 1 aromatic rings. The predicted molar refractivity (Wildman–Crippen MR) is 103 cm³/mol. The maximum atomic E-state index is 5.44. The molecule has 140 valence electrons. The van der Waals surface area contributed by atoms with Crippen LogP contribution in [0.2, 0.25) is 0 Å². The molecule has 1 aromatic carbocycles. The summed E-state index contributed by atoms with van der Waals surface area (Å²) in [5, 5.41) is 6.77. The van der Waals surface area contributed by atoms with Crippen LogP contribution in [-0.2, 0) is 0 Å². The third-order valence-corrected chi connectivity index (χ3v) is 4.44. The van der Waals surface area contributed by atoms with Crippen LogP contribution in [0.15, 0.2) is 23.2 Å². The van der Waals surface area contributed by atoms with Crippen molar-refractivity contribution < 1.29 is 9.47 Å². The molecule has 0 aliphatic heterocycles. The van der Waals surface area contributed by atoms with Crippen LogP contribution < -0.4 is 20.1 Å². The fraction of sp³-hybridized carbons (Fsp3) is 0.632. The van der Waals surface area contributed by atoms with Crippen molar-refractivity contribution >= 4 is 5.96 Å². The number of benzene rings is 1. The Hall–Kier alpha value is -1.95. The molecule has 25 heavy (non-hydrogen) atoms. The Kier molecular flexibility index (Phi) is 7.37. The molecule has 1 aliphatic carbocycles. The molecular formula is C19H32N4O2. The first-order chi connectivity index (χ1) is 12.1. The van der Waals surface area contributed by atoms with Gasteiger partial charge in [0.05, 0.1) is 26.8 Å². The van der Waals surface area contributed by atoms with Crippen molar-refractivity contribution in [3.63, 3.8) is 0 Å². The van der Waals surface area contributed by atoms with Crippen LogP contribution in [0, 0.1) is 5.92 Å². The van der Waals surface area contributed by atoms with Gasteiger partial charge >= 0.3 is 0 Å². The van der Waals surface area contributed by atoms with Crippen molar-refractivity contribution in [1.82, 2.24) is 15.5 Å². The predicted octanol–water partition coefficient (Wildman–Crippen LogP) is 2.27. The highest BCUT2D eigenvalue weighted by molar-refractivity contribution is 5.79. The van der Waals surface area contributed by atoms with Crippen LogP contribution in [-0.4, -0.2) is 58.8 Å². The third kappa shape index (κ3) is 5.81. The SMILES string of the molecule is CCNC(=NCC(c1ccc(OC)c(OC)c1)N(C)C)NCC1CC1. The van der Waals surface area contributed by atoms with Gasteiger partial charge in [-0.25, -0.2) is 0 Å². The van der Waals surface area contributed by atoms with Gasteiger partial charge in [-0.1, -0.05) is 6.07 Å². The largest absolute Gasteiger partial charge is 0.493 e. The normalized spacial score (nSPS) is 15.8. The molecule has 0 amide bonds. The van der Waals surface area contributed by atoms with Crippen LogP contribution >= 0.6 is 0 Å². The number of methoxy groups -OCH3 is 2. The minimum absolute atomic E-state index is 0.163. The number of guanidine groups is 1. The van der Waals surface area contributed by atoms with Crippen molar-refractivity contribution in [2.75, 3.05) is 47.9 Å². The zero-order chi connectivity index (χ0) is 18.2. The fourth-order valence-corrected chi connectivity index (χ4v) is 2.71. The van der Waals surface area contributed by atoms with E-state index in [-0.39, 0.29) is 6.04 Å². The van der Waals surface area contributed by atoms with Crippen LogP contribution in [0.1, 0.15) is 31.4 Å². The number of hydrogen-bond acceptors (Lipinski definition) is 4. The number of aliphatic imine (C=N–C) groups is 1. The van der Waals surface area contributed by atoms with E-state index in [1.54, 1.807) is 14.2 Å². The summed E-state index contributed by atoms with van der Waals surface area (Å²) in [6.45, 7) is 4.63. The van der Waals surface area contributed by atoms with Crippen LogP contribution in [0.5, 0.6) is 11.5 Å². The summed E-state index contributed by atoms with van der Waals surface area (Å²) in [7, 11) is 7.46. The van der Waals surface area contributed by atoms with Gasteiger partial charge in [0.1, 0.15) is 0 Å². The van der Waals surface area contributed by atoms with Gasteiger partial charge < -0.3 is 25.0 Å². The second-order valence-corrected chi connectivity index (χ2v) is 6.64. The minimum atomic E-state index is 0.163. The summed E-state index contributed by atoms with van der Waals surface area (Å²) in [5.74, 6) is 3.20.